The molecule has 0 radical (unpaired) electrons. The largest absolute Gasteiger partial charge is 0.491 e. The van der Waals surface area contributed by atoms with Crippen molar-refractivity contribution in [2.45, 2.75) is 19.1 Å². The lowest BCUT2D eigenvalue weighted by atomic mass is 10.1. The predicted octanol–water partition coefficient (Wildman–Crippen LogP) is 1.90. The van der Waals surface area contributed by atoms with Gasteiger partial charge < -0.3 is 15.2 Å². The summed E-state index contributed by atoms with van der Waals surface area (Å²) < 4.78 is 13.2. The fourth-order valence-corrected chi connectivity index (χ4v) is 1.99. The van der Waals surface area contributed by atoms with Crippen molar-refractivity contribution in [2.24, 2.45) is 12.8 Å². The van der Waals surface area contributed by atoms with Crippen LogP contribution in [0.25, 0.3) is 0 Å². The number of nitrogens with zero attached hydrogens (tertiary/aromatic N) is 2. The molecular weight excluding hydrogens is 254 g/mol. The second-order valence-corrected chi connectivity index (χ2v) is 4.76. The minimum Gasteiger partial charge on any atom is -0.491 e. The molecule has 1 aromatic heterocycles. The van der Waals surface area contributed by atoms with Gasteiger partial charge in [0.2, 0.25) is 0 Å². The van der Waals surface area contributed by atoms with Crippen LogP contribution >= 0.6 is 0 Å². The van der Waals surface area contributed by atoms with Crippen LogP contribution in [-0.4, -0.2) is 29.0 Å². The first kappa shape index (κ1) is 14.6. The molecule has 0 spiro atoms. The Labute approximate surface area is 119 Å². The van der Waals surface area contributed by atoms with Crippen molar-refractivity contribution in [3.63, 3.8) is 0 Å². The molecule has 108 valence electrons. The molecule has 2 atom stereocenters. The standard InChI is InChI=1S/C15H21N3O2/c1-12(16)15(13-10-17-18(2)11-13)20-9-8-19-14-6-4-3-5-7-14/h3-7,10-12,15H,8-9,16H2,1-2H3. The molecule has 2 unspecified atom stereocenters. The van der Waals surface area contributed by atoms with Gasteiger partial charge in [-0.05, 0) is 19.1 Å². The quantitative estimate of drug-likeness (QED) is 0.784. The Kier molecular flexibility index (Phi) is 5.15. The zero-order chi connectivity index (χ0) is 14.4. The van der Waals surface area contributed by atoms with Crippen LogP contribution in [0.3, 0.4) is 0 Å². The fraction of sp³-hybridized carbons (Fsp3) is 0.400. The SMILES string of the molecule is CC(N)C(OCCOc1ccccc1)c1cnn(C)c1. The number of nitrogens with two attached hydrogens (primary N) is 1. The molecule has 1 aromatic carbocycles. The second kappa shape index (κ2) is 7.07. The van der Waals surface area contributed by atoms with Gasteiger partial charge in [-0.2, -0.15) is 5.10 Å². The summed E-state index contributed by atoms with van der Waals surface area (Å²) in [6.07, 6.45) is 3.54. The fourth-order valence-electron chi connectivity index (χ4n) is 1.99. The number of aryl methyl sites for hydroxylation is 1. The number of hydrogen-bond acceptors (Lipinski definition) is 4. The molecule has 0 bridgehead atoms. The molecule has 0 saturated carbocycles. The Morgan fingerprint density at radius 1 is 1.25 bits per heavy atom. The van der Waals surface area contributed by atoms with Crippen LogP contribution in [0.15, 0.2) is 42.7 Å². The number of aromatic nitrogens is 2. The third-order valence-corrected chi connectivity index (χ3v) is 2.92. The molecule has 0 saturated heterocycles. The molecule has 0 aliphatic rings. The van der Waals surface area contributed by atoms with E-state index in [-0.39, 0.29) is 12.1 Å². The van der Waals surface area contributed by atoms with Crippen molar-refractivity contribution in [1.82, 2.24) is 9.78 Å². The van der Waals surface area contributed by atoms with Crippen molar-refractivity contribution >= 4 is 0 Å². The first-order valence-electron chi connectivity index (χ1n) is 6.70. The Bertz CT molecular complexity index is 511. The third kappa shape index (κ3) is 4.08. The van der Waals surface area contributed by atoms with Crippen molar-refractivity contribution in [1.29, 1.82) is 0 Å². The monoisotopic (exact) mass is 275 g/mol. The van der Waals surface area contributed by atoms with Crippen LogP contribution in [0, 0.1) is 0 Å². The van der Waals surface area contributed by atoms with Gasteiger partial charge in [-0.15, -0.1) is 0 Å². The summed E-state index contributed by atoms with van der Waals surface area (Å²) in [6.45, 7) is 2.90. The smallest absolute Gasteiger partial charge is 0.119 e. The van der Waals surface area contributed by atoms with E-state index in [9.17, 15) is 0 Å². The summed E-state index contributed by atoms with van der Waals surface area (Å²) in [5.74, 6) is 0.842. The van der Waals surface area contributed by atoms with Crippen LogP contribution in [0.5, 0.6) is 5.75 Å². The predicted molar refractivity (Wildman–Crippen MR) is 77.5 cm³/mol. The first-order valence-corrected chi connectivity index (χ1v) is 6.70. The minimum absolute atomic E-state index is 0.101. The molecule has 0 aliphatic carbocycles. The lowest BCUT2D eigenvalue weighted by Gasteiger charge is -2.20. The van der Waals surface area contributed by atoms with Crippen LogP contribution in [0.1, 0.15) is 18.6 Å². The molecule has 20 heavy (non-hydrogen) atoms. The molecule has 5 nitrogen and oxygen atoms in total. The first-order chi connectivity index (χ1) is 9.66. The van der Waals surface area contributed by atoms with Crippen LogP contribution in [-0.2, 0) is 11.8 Å². The van der Waals surface area contributed by atoms with Crippen molar-refractivity contribution in [3.05, 3.63) is 48.3 Å². The normalized spacial score (nSPS) is 13.9. The Hall–Kier alpha value is -1.85. The molecule has 0 fully saturated rings. The highest BCUT2D eigenvalue weighted by atomic mass is 16.5. The van der Waals surface area contributed by atoms with Gasteiger partial charge in [-0.3, -0.25) is 4.68 Å². The van der Waals surface area contributed by atoms with E-state index in [1.54, 1.807) is 10.9 Å². The molecular formula is C15H21N3O2. The molecule has 0 amide bonds. The number of rotatable bonds is 7. The lowest BCUT2D eigenvalue weighted by molar-refractivity contribution is 0.0208. The van der Waals surface area contributed by atoms with Gasteiger partial charge in [0.15, 0.2) is 0 Å². The third-order valence-electron chi connectivity index (χ3n) is 2.92. The van der Waals surface area contributed by atoms with E-state index >= 15 is 0 Å². The van der Waals surface area contributed by atoms with E-state index in [4.69, 9.17) is 15.2 Å². The van der Waals surface area contributed by atoms with Crippen LogP contribution < -0.4 is 10.5 Å². The van der Waals surface area contributed by atoms with E-state index in [1.165, 1.54) is 0 Å². The van der Waals surface area contributed by atoms with Crippen molar-refractivity contribution in [2.75, 3.05) is 13.2 Å². The van der Waals surface area contributed by atoms with Gasteiger partial charge in [-0.25, -0.2) is 0 Å². The second-order valence-electron chi connectivity index (χ2n) is 4.76. The summed E-state index contributed by atoms with van der Waals surface area (Å²) in [5, 5.41) is 4.15. The van der Waals surface area contributed by atoms with Crippen LogP contribution in [0.4, 0.5) is 0 Å². The maximum absolute atomic E-state index is 5.97. The highest BCUT2D eigenvalue weighted by Crippen LogP contribution is 2.19. The Morgan fingerprint density at radius 3 is 2.60 bits per heavy atom. The van der Waals surface area contributed by atoms with E-state index in [1.807, 2.05) is 50.5 Å². The summed E-state index contributed by atoms with van der Waals surface area (Å²) in [6, 6.07) is 9.58. The minimum atomic E-state index is -0.164. The number of hydrogen-bond donors (Lipinski definition) is 1. The van der Waals surface area contributed by atoms with Gasteiger partial charge in [0.1, 0.15) is 18.5 Å². The van der Waals surface area contributed by atoms with E-state index < -0.39 is 0 Å². The van der Waals surface area contributed by atoms with E-state index in [2.05, 4.69) is 5.10 Å². The molecule has 0 aliphatic heterocycles. The van der Waals surface area contributed by atoms with Gasteiger partial charge in [0, 0.05) is 24.8 Å². The average Bonchev–Trinajstić information content (AvgIpc) is 2.85. The molecule has 5 heteroatoms. The maximum atomic E-state index is 5.97. The maximum Gasteiger partial charge on any atom is 0.119 e. The molecule has 2 rings (SSSR count). The highest BCUT2D eigenvalue weighted by molar-refractivity contribution is 5.20. The zero-order valence-corrected chi connectivity index (χ0v) is 11.9. The number of para-hydroxylation sites is 1. The number of ether oxygens (including phenoxy) is 2. The van der Waals surface area contributed by atoms with Gasteiger partial charge in [0.25, 0.3) is 0 Å². The van der Waals surface area contributed by atoms with Crippen molar-refractivity contribution < 1.29 is 9.47 Å². The van der Waals surface area contributed by atoms with Gasteiger partial charge in [-0.1, -0.05) is 18.2 Å². The Morgan fingerprint density at radius 2 is 2.00 bits per heavy atom. The zero-order valence-electron chi connectivity index (χ0n) is 11.9. The Balaban J connectivity index is 1.81. The number of benzene rings is 1. The summed E-state index contributed by atoms with van der Waals surface area (Å²) in [5.41, 5.74) is 6.96. The van der Waals surface area contributed by atoms with E-state index in [0.29, 0.717) is 13.2 Å². The lowest BCUT2D eigenvalue weighted by Crippen LogP contribution is -2.28. The molecule has 2 aromatic rings. The highest BCUT2D eigenvalue weighted by Gasteiger charge is 2.18. The molecule has 2 N–H and O–H groups in total. The van der Waals surface area contributed by atoms with Gasteiger partial charge in [0.05, 0.1) is 12.8 Å². The van der Waals surface area contributed by atoms with E-state index in [0.717, 1.165) is 11.3 Å². The summed E-state index contributed by atoms with van der Waals surface area (Å²) in [7, 11) is 1.88. The van der Waals surface area contributed by atoms with Gasteiger partial charge >= 0.3 is 0 Å². The average molecular weight is 275 g/mol. The topological polar surface area (TPSA) is 62.3 Å². The van der Waals surface area contributed by atoms with Crippen molar-refractivity contribution in [3.8, 4) is 5.75 Å². The molecule has 1 heterocycles. The van der Waals surface area contributed by atoms with Crippen LogP contribution in [0.2, 0.25) is 0 Å². The summed E-state index contributed by atoms with van der Waals surface area (Å²) >= 11 is 0. The summed E-state index contributed by atoms with van der Waals surface area (Å²) in [4.78, 5) is 0.